The third-order valence-corrected chi connectivity index (χ3v) is 4.90. The fraction of sp³-hybridized carbons (Fsp3) is 0.125. The minimum absolute atomic E-state index is 0.253. The second-order valence-corrected chi connectivity index (χ2v) is 7.15. The minimum Gasteiger partial charge on any atom is -0.497 e. The average Bonchev–Trinajstić information content (AvgIpc) is 3.22. The molecule has 0 bridgehead atoms. The Morgan fingerprint density at radius 3 is 2.58 bits per heavy atom. The third kappa shape index (κ3) is 4.56. The zero-order valence-corrected chi connectivity index (χ0v) is 17.6. The van der Waals surface area contributed by atoms with Crippen LogP contribution in [0, 0.1) is 6.92 Å². The standard InChI is InChI=1S/C24H23N5O2/c1-16-7-4-5-10-21(16)27-23-22(12-18(13-25-23)19-14-26-29(2)15-19)28-24(30)17-8-6-9-20(11-17)31-3/h4-15H,1-3H3,(H,25,27)(H,28,30). The Bertz CT molecular complexity index is 1230. The second-order valence-electron chi connectivity index (χ2n) is 7.15. The normalized spacial score (nSPS) is 10.5. The number of aryl methyl sites for hydroxylation is 2. The minimum atomic E-state index is -0.253. The molecule has 0 atom stereocenters. The Labute approximate surface area is 180 Å². The lowest BCUT2D eigenvalue weighted by Gasteiger charge is -2.15. The number of ether oxygens (including phenoxy) is 1. The van der Waals surface area contributed by atoms with E-state index in [0.717, 1.165) is 22.4 Å². The van der Waals surface area contributed by atoms with E-state index in [1.165, 1.54) is 0 Å². The molecule has 0 spiro atoms. The molecule has 31 heavy (non-hydrogen) atoms. The Morgan fingerprint density at radius 2 is 1.84 bits per heavy atom. The zero-order valence-electron chi connectivity index (χ0n) is 17.6. The monoisotopic (exact) mass is 413 g/mol. The maximum atomic E-state index is 13.0. The largest absolute Gasteiger partial charge is 0.497 e. The Balaban J connectivity index is 1.71. The first-order chi connectivity index (χ1) is 15.0. The van der Waals surface area contributed by atoms with Gasteiger partial charge in [0.1, 0.15) is 5.75 Å². The van der Waals surface area contributed by atoms with Crippen LogP contribution in [-0.2, 0) is 7.05 Å². The van der Waals surface area contributed by atoms with Gasteiger partial charge in [0.05, 0.1) is 19.0 Å². The number of aromatic nitrogens is 3. The number of nitrogens with zero attached hydrogens (tertiary/aromatic N) is 3. The summed E-state index contributed by atoms with van der Waals surface area (Å²) in [7, 11) is 3.43. The summed E-state index contributed by atoms with van der Waals surface area (Å²) in [6.07, 6.45) is 5.43. The number of methoxy groups -OCH3 is 1. The van der Waals surface area contributed by atoms with Gasteiger partial charge in [0.15, 0.2) is 5.82 Å². The van der Waals surface area contributed by atoms with Gasteiger partial charge in [0.25, 0.3) is 5.91 Å². The van der Waals surface area contributed by atoms with Crippen LogP contribution in [0.15, 0.2) is 73.2 Å². The van der Waals surface area contributed by atoms with Crippen molar-refractivity contribution in [2.24, 2.45) is 7.05 Å². The predicted octanol–water partition coefficient (Wildman–Crippen LogP) is 4.80. The zero-order chi connectivity index (χ0) is 21.8. The molecular formula is C24H23N5O2. The molecule has 0 aliphatic heterocycles. The molecule has 0 aliphatic carbocycles. The molecule has 2 heterocycles. The van der Waals surface area contributed by atoms with Crippen molar-refractivity contribution < 1.29 is 9.53 Å². The first-order valence-corrected chi connectivity index (χ1v) is 9.80. The SMILES string of the molecule is COc1cccc(C(=O)Nc2cc(-c3cnn(C)c3)cnc2Nc2ccccc2C)c1. The van der Waals surface area contributed by atoms with Gasteiger partial charge >= 0.3 is 0 Å². The van der Waals surface area contributed by atoms with Gasteiger partial charge in [-0.15, -0.1) is 0 Å². The highest BCUT2D eigenvalue weighted by molar-refractivity contribution is 6.06. The lowest BCUT2D eigenvalue weighted by atomic mass is 10.1. The van der Waals surface area contributed by atoms with Gasteiger partial charge in [-0.1, -0.05) is 24.3 Å². The van der Waals surface area contributed by atoms with Gasteiger partial charge in [-0.3, -0.25) is 9.48 Å². The summed E-state index contributed by atoms with van der Waals surface area (Å²) >= 11 is 0. The van der Waals surface area contributed by atoms with Gasteiger partial charge in [0.2, 0.25) is 0 Å². The maximum Gasteiger partial charge on any atom is 0.255 e. The number of amides is 1. The highest BCUT2D eigenvalue weighted by atomic mass is 16.5. The topological polar surface area (TPSA) is 81.1 Å². The molecule has 0 unspecified atom stereocenters. The Hall–Kier alpha value is -4.13. The van der Waals surface area contributed by atoms with Crippen molar-refractivity contribution in [3.8, 4) is 16.9 Å². The van der Waals surface area contributed by atoms with E-state index < -0.39 is 0 Å². The van der Waals surface area contributed by atoms with Gasteiger partial charge in [-0.05, 0) is 42.8 Å². The van der Waals surface area contributed by atoms with Gasteiger partial charge in [-0.2, -0.15) is 5.10 Å². The molecule has 1 amide bonds. The summed E-state index contributed by atoms with van der Waals surface area (Å²) in [5.41, 5.74) is 4.82. The summed E-state index contributed by atoms with van der Waals surface area (Å²) in [5, 5.41) is 10.5. The van der Waals surface area contributed by atoms with Crippen LogP contribution >= 0.6 is 0 Å². The molecule has 0 saturated carbocycles. The number of nitrogens with one attached hydrogen (secondary N) is 2. The number of hydrogen-bond acceptors (Lipinski definition) is 5. The van der Waals surface area contributed by atoms with Crippen LogP contribution in [0.3, 0.4) is 0 Å². The van der Waals surface area contributed by atoms with E-state index in [1.54, 1.807) is 48.5 Å². The number of hydrogen-bond donors (Lipinski definition) is 2. The van der Waals surface area contributed by atoms with Crippen LogP contribution in [-0.4, -0.2) is 27.8 Å². The van der Waals surface area contributed by atoms with E-state index >= 15 is 0 Å². The first kappa shape index (κ1) is 20.2. The van der Waals surface area contributed by atoms with E-state index in [1.807, 2.05) is 50.5 Å². The highest BCUT2D eigenvalue weighted by Crippen LogP contribution is 2.30. The molecular weight excluding hydrogens is 390 g/mol. The number of anilines is 3. The fourth-order valence-corrected chi connectivity index (χ4v) is 3.19. The molecule has 4 rings (SSSR count). The lowest BCUT2D eigenvalue weighted by molar-refractivity contribution is 0.102. The molecule has 0 fully saturated rings. The summed E-state index contributed by atoms with van der Waals surface area (Å²) in [6.45, 7) is 2.01. The highest BCUT2D eigenvalue weighted by Gasteiger charge is 2.14. The Morgan fingerprint density at radius 1 is 1.00 bits per heavy atom. The number of rotatable bonds is 6. The fourth-order valence-electron chi connectivity index (χ4n) is 3.19. The van der Waals surface area contributed by atoms with Crippen molar-refractivity contribution in [2.45, 2.75) is 6.92 Å². The summed E-state index contributed by atoms with van der Waals surface area (Å²) in [5.74, 6) is 0.920. The van der Waals surface area contributed by atoms with E-state index in [9.17, 15) is 4.79 Å². The van der Waals surface area contributed by atoms with Gasteiger partial charge in [0, 0.05) is 41.8 Å². The quantitative estimate of drug-likeness (QED) is 0.475. The van der Waals surface area contributed by atoms with Crippen LogP contribution in [0.25, 0.3) is 11.1 Å². The molecule has 2 N–H and O–H groups in total. The predicted molar refractivity (Wildman–Crippen MR) is 122 cm³/mol. The lowest BCUT2D eigenvalue weighted by Crippen LogP contribution is -2.14. The molecule has 0 saturated heterocycles. The van der Waals surface area contributed by atoms with Crippen LogP contribution in [0.2, 0.25) is 0 Å². The smallest absolute Gasteiger partial charge is 0.255 e. The van der Waals surface area contributed by atoms with Crippen LogP contribution in [0.4, 0.5) is 17.2 Å². The van der Waals surface area contributed by atoms with Crippen molar-refractivity contribution in [2.75, 3.05) is 17.7 Å². The summed E-state index contributed by atoms with van der Waals surface area (Å²) in [4.78, 5) is 17.6. The van der Waals surface area contributed by atoms with Crippen LogP contribution in [0.5, 0.6) is 5.75 Å². The molecule has 2 aromatic heterocycles. The van der Waals surface area contributed by atoms with Crippen molar-refractivity contribution in [1.82, 2.24) is 14.8 Å². The number of para-hydroxylation sites is 1. The molecule has 0 aliphatic rings. The number of benzene rings is 2. The van der Waals surface area contributed by atoms with Crippen LogP contribution < -0.4 is 15.4 Å². The maximum absolute atomic E-state index is 13.0. The molecule has 7 heteroatoms. The van der Waals surface area contributed by atoms with Crippen molar-refractivity contribution in [3.05, 3.63) is 84.3 Å². The average molecular weight is 413 g/mol. The van der Waals surface area contributed by atoms with Gasteiger partial charge < -0.3 is 15.4 Å². The van der Waals surface area contributed by atoms with Crippen molar-refractivity contribution in [3.63, 3.8) is 0 Å². The number of pyridine rings is 1. The van der Waals surface area contributed by atoms with Gasteiger partial charge in [-0.25, -0.2) is 4.98 Å². The third-order valence-electron chi connectivity index (χ3n) is 4.90. The molecule has 0 radical (unpaired) electrons. The number of carbonyl (C=O) groups excluding carboxylic acids is 1. The summed E-state index contributed by atoms with van der Waals surface area (Å²) < 4.78 is 6.96. The van der Waals surface area contributed by atoms with Crippen LogP contribution in [0.1, 0.15) is 15.9 Å². The van der Waals surface area contributed by atoms with E-state index in [2.05, 4.69) is 20.7 Å². The van der Waals surface area contributed by atoms with E-state index in [-0.39, 0.29) is 5.91 Å². The number of carbonyl (C=O) groups is 1. The first-order valence-electron chi connectivity index (χ1n) is 9.80. The second kappa shape index (κ2) is 8.71. The van der Waals surface area contributed by atoms with Crippen molar-refractivity contribution >= 4 is 23.1 Å². The van der Waals surface area contributed by atoms with E-state index in [4.69, 9.17) is 4.74 Å². The van der Waals surface area contributed by atoms with Crippen molar-refractivity contribution in [1.29, 1.82) is 0 Å². The molecule has 156 valence electrons. The molecule has 4 aromatic rings. The summed E-state index contributed by atoms with van der Waals surface area (Å²) in [6, 6.07) is 16.8. The molecule has 2 aromatic carbocycles. The molecule has 7 nitrogen and oxygen atoms in total. The Kier molecular flexibility index (Phi) is 5.66. The van der Waals surface area contributed by atoms with E-state index in [0.29, 0.717) is 22.8 Å².